The molecule has 1 aliphatic rings. The summed E-state index contributed by atoms with van der Waals surface area (Å²) in [5, 5.41) is 15.4. The van der Waals surface area contributed by atoms with Gasteiger partial charge in [-0.1, -0.05) is 0 Å². The number of phenols is 1. The monoisotopic (exact) mass is 291 g/mol. The van der Waals surface area contributed by atoms with E-state index < -0.39 is 6.04 Å². The lowest BCUT2D eigenvalue weighted by Crippen LogP contribution is -2.59. The normalized spacial score (nSPS) is 18.4. The standard InChI is InChI=1S/C15H21N3O3/c1-3-17-14(20)12-9-16-6-7-18(12)15(21)11-4-5-13(19)10(2)8-11/h4-5,8,12,16,19H,3,6-7,9H2,1-2H3,(H,17,20). The molecule has 1 fully saturated rings. The van der Waals surface area contributed by atoms with E-state index in [1.807, 2.05) is 6.92 Å². The predicted molar refractivity (Wildman–Crippen MR) is 79.2 cm³/mol. The highest BCUT2D eigenvalue weighted by molar-refractivity contribution is 5.98. The fourth-order valence-corrected chi connectivity index (χ4v) is 2.43. The van der Waals surface area contributed by atoms with Crippen LogP contribution in [0.4, 0.5) is 0 Å². The molecule has 3 N–H and O–H groups in total. The zero-order chi connectivity index (χ0) is 15.4. The Kier molecular flexibility index (Phi) is 4.80. The van der Waals surface area contributed by atoms with Crippen molar-refractivity contribution in [3.8, 4) is 5.75 Å². The molecule has 0 aromatic heterocycles. The van der Waals surface area contributed by atoms with Gasteiger partial charge in [-0.3, -0.25) is 9.59 Å². The number of phenolic OH excluding ortho intramolecular Hbond substituents is 1. The minimum absolute atomic E-state index is 0.145. The number of carbonyl (C=O) groups is 2. The molecule has 114 valence electrons. The van der Waals surface area contributed by atoms with Gasteiger partial charge in [0.2, 0.25) is 5.91 Å². The van der Waals surface area contributed by atoms with Crippen LogP contribution in [0, 0.1) is 6.92 Å². The maximum Gasteiger partial charge on any atom is 0.254 e. The van der Waals surface area contributed by atoms with Crippen LogP contribution in [-0.4, -0.2) is 54.0 Å². The van der Waals surface area contributed by atoms with E-state index in [9.17, 15) is 14.7 Å². The van der Waals surface area contributed by atoms with Crippen molar-refractivity contribution in [2.45, 2.75) is 19.9 Å². The second-order valence-electron chi connectivity index (χ2n) is 5.11. The minimum atomic E-state index is -0.500. The highest BCUT2D eigenvalue weighted by Gasteiger charge is 2.32. The van der Waals surface area contributed by atoms with Crippen molar-refractivity contribution in [3.63, 3.8) is 0 Å². The van der Waals surface area contributed by atoms with Crippen LogP contribution in [-0.2, 0) is 4.79 Å². The molecular formula is C15H21N3O3. The molecule has 0 aliphatic carbocycles. The van der Waals surface area contributed by atoms with E-state index in [0.29, 0.717) is 37.3 Å². The second-order valence-corrected chi connectivity index (χ2v) is 5.11. The summed E-state index contributed by atoms with van der Waals surface area (Å²) in [6, 6.07) is 4.24. The molecule has 0 radical (unpaired) electrons. The van der Waals surface area contributed by atoms with Crippen LogP contribution in [0.3, 0.4) is 0 Å². The number of piperazine rings is 1. The summed E-state index contributed by atoms with van der Waals surface area (Å²) in [5.41, 5.74) is 1.13. The van der Waals surface area contributed by atoms with Crippen LogP contribution in [0.25, 0.3) is 0 Å². The van der Waals surface area contributed by atoms with E-state index in [4.69, 9.17) is 0 Å². The fraction of sp³-hybridized carbons (Fsp3) is 0.467. The maximum atomic E-state index is 12.6. The van der Waals surface area contributed by atoms with Crippen molar-refractivity contribution in [1.82, 2.24) is 15.5 Å². The minimum Gasteiger partial charge on any atom is -0.508 e. The summed E-state index contributed by atoms with van der Waals surface area (Å²) in [6.07, 6.45) is 0. The molecule has 1 atom stereocenters. The number of amides is 2. The van der Waals surface area contributed by atoms with Gasteiger partial charge in [-0.25, -0.2) is 0 Å². The fourth-order valence-electron chi connectivity index (χ4n) is 2.43. The molecule has 1 saturated heterocycles. The lowest BCUT2D eigenvalue weighted by molar-refractivity contribution is -0.126. The Bertz CT molecular complexity index is 545. The lowest BCUT2D eigenvalue weighted by Gasteiger charge is -2.35. The molecule has 6 heteroatoms. The van der Waals surface area contributed by atoms with Crippen molar-refractivity contribution in [2.24, 2.45) is 0 Å². The average molecular weight is 291 g/mol. The van der Waals surface area contributed by atoms with E-state index in [0.717, 1.165) is 0 Å². The van der Waals surface area contributed by atoms with E-state index >= 15 is 0 Å². The quantitative estimate of drug-likeness (QED) is 0.746. The SMILES string of the molecule is CCNC(=O)C1CNCCN1C(=O)c1ccc(O)c(C)c1. The predicted octanol–water partition coefficient (Wildman–Crippen LogP) is 0.251. The summed E-state index contributed by atoms with van der Waals surface area (Å²) >= 11 is 0. The molecule has 0 spiro atoms. The first-order valence-corrected chi connectivity index (χ1v) is 7.13. The zero-order valence-electron chi connectivity index (χ0n) is 12.3. The first kappa shape index (κ1) is 15.3. The highest BCUT2D eigenvalue weighted by atomic mass is 16.3. The third-order valence-electron chi connectivity index (χ3n) is 3.60. The Morgan fingerprint density at radius 2 is 2.24 bits per heavy atom. The van der Waals surface area contributed by atoms with E-state index in [1.54, 1.807) is 24.0 Å². The van der Waals surface area contributed by atoms with Gasteiger partial charge in [0.15, 0.2) is 0 Å². The smallest absolute Gasteiger partial charge is 0.254 e. The Labute approximate surface area is 124 Å². The van der Waals surface area contributed by atoms with Crippen molar-refractivity contribution in [1.29, 1.82) is 0 Å². The van der Waals surface area contributed by atoms with Crippen LogP contribution in [0.5, 0.6) is 5.75 Å². The highest BCUT2D eigenvalue weighted by Crippen LogP contribution is 2.19. The van der Waals surface area contributed by atoms with Gasteiger partial charge in [0.05, 0.1) is 0 Å². The number of aromatic hydroxyl groups is 1. The summed E-state index contributed by atoms with van der Waals surface area (Å²) in [4.78, 5) is 26.3. The van der Waals surface area contributed by atoms with E-state index in [1.165, 1.54) is 6.07 Å². The first-order valence-electron chi connectivity index (χ1n) is 7.13. The Hall–Kier alpha value is -2.08. The number of nitrogens with one attached hydrogen (secondary N) is 2. The number of carbonyl (C=O) groups excluding carboxylic acids is 2. The van der Waals surface area contributed by atoms with Crippen LogP contribution in [0.1, 0.15) is 22.8 Å². The van der Waals surface area contributed by atoms with Gasteiger partial charge in [0, 0.05) is 31.7 Å². The first-order chi connectivity index (χ1) is 10.0. The van der Waals surface area contributed by atoms with Gasteiger partial charge in [-0.15, -0.1) is 0 Å². The number of aryl methyl sites for hydroxylation is 1. The van der Waals surface area contributed by atoms with Crippen molar-refractivity contribution in [3.05, 3.63) is 29.3 Å². The van der Waals surface area contributed by atoms with Gasteiger partial charge in [0.25, 0.3) is 5.91 Å². The maximum absolute atomic E-state index is 12.6. The number of likely N-dealkylation sites (N-methyl/N-ethyl adjacent to an activating group) is 1. The lowest BCUT2D eigenvalue weighted by atomic mass is 10.1. The number of rotatable bonds is 3. The number of hydrogen-bond acceptors (Lipinski definition) is 4. The Balaban J connectivity index is 2.21. The van der Waals surface area contributed by atoms with Crippen molar-refractivity contribution in [2.75, 3.05) is 26.2 Å². The summed E-state index contributed by atoms with van der Waals surface area (Å²) < 4.78 is 0. The Morgan fingerprint density at radius 3 is 2.90 bits per heavy atom. The number of hydrogen-bond donors (Lipinski definition) is 3. The molecular weight excluding hydrogens is 270 g/mol. The second kappa shape index (κ2) is 6.58. The third kappa shape index (κ3) is 3.33. The summed E-state index contributed by atoms with van der Waals surface area (Å²) in [5.74, 6) is -0.170. The molecule has 1 heterocycles. The van der Waals surface area contributed by atoms with Gasteiger partial charge >= 0.3 is 0 Å². The van der Waals surface area contributed by atoms with E-state index in [2.05, 4.69) is 10.6 Å². The van der Waals surface area contributed by atoms with Crippen molar-refractivity contribution < 1.29 is 14.7 Å². The van der Waals surface area contributed by atoms with Crippen LogP contribution >= 0.6 is 0 Å². The van der Waals surface area contributed by atoms with Gasteiger partial charge in [-0.05, 0) is 37.6 Å². The Morgan fingerprint density at radius 1 is 1.48 bits per heavy atom. The third-order valence-corrected chi connectivity index (χ3v) is 3.60. The molecule has 1 aromatic carbocycles. The van der Waals surface area contributed by atoms with E-state index in [-0.39, 0.29) is 17.6 Å². The number of benzene rings is 1. The summed E-state index contributed by atoms with van der Waals surface area (Å²) in [6.45, 7) is 5.73. The molecule has 1 aliphatic heterocycles. The largest absolute Gasteiger partial charge is 0.508 e. The number of nitrogens with zero attached hydrogens (tertiary/aromatic N) is 1. The van der Waals surface area contributed by atoms with Crippen LogP contribution in [0.2, 0.25) is 0 Å². The van der Waals surface area contributed by atoms with Gasteiger partial charge in [0.1, 0.15) is 11.8 Å². The molecule has 1 unspecified atom stereocenters. The van der Waals surface area contributed by atoms with Gasteiger partial charge < -0.3 is 20.6 Å². The molecule has 0 saturated carbocycles. The average Bonchev–Trinajstić information content (AvgIpc) is 2.49. The molecule has 2 amide bonds. The van der Waals surface area contributed by atoms with Crippen molar-refractivity contribution >= 4 is 11.8 Å². The topological polar surface area (TPSA) is 81.7 Å². The molecule has 2 rings (SSSR count). The van der Waals surface area contributed by atoms with Crippen LogP contribution in [0.15, 0.2) is 18.2 Å². The molecule has 21 heavy (non-hydrogen) atoms. The zero-order valence-corrected chi connectivity index (χ0v) is 12.3. The molecule has 0 bridgehead atoms. The molecule has 1 aromatic rings. The van der Waals surface area contributed by atoms with Gasteiger partial charge in [-0.2, -0.15) is 0 Å². The van der Waals surface area contributed by atoms with Crippen LogP contribution < -0.4 is 10.6 Å². The molecule has 6 nitrogen and oxygen atoms in total. The summed E-state index contributed by atoms with van der Waals surface area (Å²) in [7, 11) is 0.